The summed E-state index contributed by atoms with van der Waals surface area (Å²) in [5.41, 5.74) is 8.59. The van der Waals surface area contributed by atoms with Crippen LogP contribution in [0.3, 0.4) is 0 Å². The van der Waals surface area contributed by atoms with E-state index in [-0.39, 0.29) is 5.91 Å². The highest BCUT2D eigenvalue weighted by Gasteiger charge is 2.11. The summed E-state index contributed by atoms with van der Waals surface area (Å²) in [7, 11) is 0. The Labute approximate surface area is 127 Å². The number of hydrogen-bond donors (Lipinski definition) is 1. The second kappa shape index (κ2) is 5.30. The molecule has 0 saturated heterocycles. The number of fused-ring (bicyclic) bond motifs is 1. The topological polar surface area (TPSA) is 42.0 Å². The molecule has 4 heteroatoms. The molecular formula is C17H15N2OS. The zero-order valence-electron chi connectivity index (χ0n) is 12.2. The van der Waals surface area contributed by atoms with Crippen LogP contribution in [0.25, 0.3) is 10.2 Å². The second-order valence-corrected chi connectivity index (χ2v) is 6.04. The number of carbonyl (C=O) groups is 1. The zero-order valence-corrected chi connectivity index (χ0v) is 13.0. The van der Waals surface area contributed by atoms with Crippen LogP contribution < -0.4 is 5.32 Å². The van der Waals surface area contributed by atoms with Crippen molar-refractivity contribution in [1.82, 2.24) is 4.98 Å². The van der Waals surface area contributed by atoms with Gasteiger partial charge in [-0.05, 0) is 50.1 Å². The highest BCUT2D eigenvalue weighted by molar-refractivity contribution is 7.16. The maximum Gasteiger partial charge on any atom is 0.255 e. The standard InChI is InChI=1S/C17H15N2OS/c1-10-6-11(2)16(12(3)7-10)19-17(20)13-4-5-14-15(8-13)21-9-18-14/h4-8H,1-3H3,(H,19,20). The zero-order chi connectivity index (χ0) is 15.0. The fourth-order valence-corrected chi connectivity index (χ4v) is 3.16. The smallest absolute Gasteiger partial charge is 0.255 e. The average Bonchev–Trinajstić information content (AvgIpc) is 2.89. The Morgan fingerprint density at radius 1 is 1.14 bits per heavy atom. The molecule has 1 aromatic heterocycles. The van der Waals surface area contributed by atoms with Crippen molar-refractivity contribution in [2.24, 2.45) is 0 Å². The minimum absolute atomic E-state index is 0.0969. The number of nitrogens with zero attached hydrogens (tertiary/aromatic N) is 1. The molecule has 0 aliphatic rings. The van der Waals surface area contributed by atoms with Crippen LogP contribution in [0.15, 0.2) is 30.3 Å². The number of thiazole rings is 1. The Balaban J connectivity index is 1.92. The number of benzene rings is 2. The Kier molecular flexibility index (Phi) is 3.47. The van der Waals surface area contributed by atoms with E-state index in [1.54, 1.807) is 6.07 Å². The molecule has 0 spiro atoms. The fraction of sp³-hybridized carbons (Fsp3) is 0.176. The van der Waals surface area contributed by atoms with E-state index in [0.29, 0.717) is 5.56 Å². The van der Waals surface area contributed by atoms with Gasteiger partial charge in [-0.25, -0.2) is 4.98 Å². The lowest BCUT2D eigenvalue weighted by molar-refractivity contribution is 0.102. The van der Waals surface area contributed by atoms with Crippen molar-refractivity contribution in [3.05, 3.63) is 58.1 Å². The van der Waals surface area contributed by atoms with Crippen LogP contribution in [0.4, 0.5) is 5.69 Å². The third-order valence-electron chi connectivity index (χ3n) is 3.46. The number of anilines is 1. The van der Waals surface area contributed by atoms with E-state index in [0.717, 1.165) is 27.0 Å². The van der Waals surface area contributed by atoms with Crippen LogP contribution in [-0.4, -0.2) is 10.9 Å². The van der Waals surface area contributed by atoms with E-state index in [1.165, 1.54) is 16.9 Å². The predicted octanol–water partition coefficient (Wildman–Crippen LogP) is 4.27. The van der Waals surface area contributed by atoms with E-state index in [4.69, 9.17) is 0 Å². The molecule has 0 saturated carbocycles. The summed E-state index contributed by atoms with van der Waals surface area (Å²) >= 11 is 1.42. The molecule has 1 radical (unpaired) electrons. The van der Waals surface area contributed by atoms with Crippen LogP contribution in [-0.2, 0) is 0 Å². The third-order valence-corrected chi connectivity index (χ3v) is 4.19. The Hall–Kier alpha value is -2.20. The third kappa shape index (κ3) is 2.67. The predicted molar refractivity (Wildman–Crippen MR) is 87.1 cm³/mol. The van der Waals surface area contributed by atoms with Gasteiger partial charge in [0.15, 0.2) is 5.51 Å². The van der Waals surface area contributed by atoms with Crippen molar-refractivity contribution in [3.63, 3.8) is 0 Å². The van der Waals surface area contributed by atoms with Gasteiger partial charge in [0.25, 0.3) is 5.91 Å². The fourth-order valence-electron chi connectivity index (χ4n) is 2.51. The van der Waals surface area contributed by atoms with Gasteiger partial charge in [-0.2, -0.15) is 0 Å². The summed E-state index contributed by atoms with van der Waals surface area (Å²) in [6.45, 7) is 6.08. The molecule has 2 aromatic carbocycles. The van der Waals surface area contributed by atoms with E-state index in [1.807, 2.05) is 26.0 Å². The summed E-state index contributed by atoms with van der Waals surface area (Å²) in [5, 5.41) is 3.01. The molecule has 0 atom stereocenters. The van der Waals surface area contributed by atoms with Crippen molar-refractivity contribution in [3.8, 4) is 0 Å². The maximum atomic E-state index is 12.4. The van der Waals surface area contributed by atoms with Crippen molar-refractivity contribution in [2.45, 2.75) is 20.8 Å². The lowest BCUT2D eigenvalue weighted by Gasteiger charge is -2.13. The first kappa shape index (κ1) is 13.8. The van der Waals surface area contributed by atoms with Gasteiger partial charge < -0.3 is 5.32 Å². The average molecular weight is 295 g/mol. The van der Waals surface area contributed by atoms with Gasteiger partial charge in [0.2, 0.25) is 0 Å². The number of aromatic nitrogens is 1. The van der Waals surface area contributed by atoms with Crippen LogP contribution in [0.1, 0.15) is 27.0 Å². The molecule has 1 N–H and O–H groups in total. The molecule has 0 aliphatic carbocycles. The van der Waals surface area contributed by atoms with E-state index < -0.39 is 0 Å². The summed E-state index contributed by atoms with van der Waals surface area (Å²) in [6, 6.07) is 9.65. The second-order valence-electron chi connectivity index (χ2n) is 5.22. The lowest BCUT2D eigenvalue weighted by Crippen LogP contribution is -2.13. The van der Waals surface area contributed by atoms with Crippen molar-refractivity contribution in [2.75, 3.05) is 5.32 Å². The molecule has 1 amide bonds. The highest BCUT2D eigenvalue weighted by Crippen LogP contribution is 2.24. The molecule has 105 valence electrons. The molecule has 0 aliphatic heterocycles. The van der Waals surface area contributed by atoms with Crippen molar-refractivity contribution >= 4 is 33.1 Å². The quantitative estimate of drug-likeness (QED) is 0.767. The minimum Gasteiger partial charge on any atom is -0.322 e. The number of aryl methyl sites for hydroxylation is 3. The highest BCUT2D eigenvalue weighted by atomic mass is 32.1. The van der Waals surface area contributed by atoms with Crippen LogP contribution in [0.5, 0.6) is 0 Å². The summed E-state index contributed by atoms with van der Waals surface area (Å²) in [5.74, 6) is -0.0969. The molecule has 0 unspecified atom stereocenters. The van der Waals surface area contributed by atoms with Crippen molar-refractivity contribution in [1.29, 1.82) is 0 Å². The SMILES string of the molecule is Cc1cc(C)c(NC(=O)c2ccc3n[c]sc3c2)c(C)c1. The summed E-state index contributed by atoms with van der Waals surface area (Å²) in [4.78, 5) is 16.5. The van der Waals surface area contributed by atoms with Gasteiger partial charge in [-0.1, -0.05) is 17.7 Å². The first-order chi connectivity index (χ1) is 10.0. The van der Waals surface area contributed by atoms with Crippen molar-refractivity contribution < 1.29 is 4.79 Å². The molecule has 1 heterocycles. The van der Waals surface area contributed by atoms with Gasteiger partial charge in [-0.3, -0.25) is 4.79 Å². The molecule has 3 nitrogen and oxygen atoms in total. The Morgan fingerprint density at radius 2 is 1.86 bits per heavy atom. The molecule has 3 aromatic rings. The number of carbonyl (C=O) groups excluding carboxylic acids is 1. The van der Waals surface area contributed by atoms with Gasteiger partial charge in [0.1, 0.15) is 0 Å². The normalized spacial score (nSPS) is 10.8. The largest absolute Gasteiger partial charge is 0.322 e. The van der Waals surface area contributed by atoms with Gasteiger partial charge >= 0.3 is 0 Å². The first-order valence-electron chi connectivity index (χ1n) is 6.70. The summed E-state index contributed by atoms with van der Waals surface area (Å²) < 4.78 is 0.972. The van der Waals surface area contributed by atoms with Gasteiger partial charge in [-0.15, -0.1) is 11.3 Å². The van der Waals surface area contributed by atoms with Crippen LogP contribution in [0, 0.1) is 26.3 Å². The van der Waals surface area contributed by atoms with Gasteiger partial charge in [0.05, 0.1) is 10.2 Å². The van der Waals surface area contributed by atoms with E-state index in [9.17, 15) is 4.79 Å². The molecule has 21 heavy (non-hydrogen) atoms. The van der Waals surface area contributed by atoms with Crippen LogP contribution in [0.2, 0.25) is 0 Å². The van der Waals surface area contributed by atoms with E-state index in [2.05, 4.69) is 34.9 Å². The van der Waals surface area contributed by atoms with Crippen LogP contribution >= 0.6 is 11.3 Å². The van der Waals surface area contributed by atoms with E-state index >= 15 is 0 Å². The monoisotopic (exact) mass is 295 g/mol. The number of rotatable bonds is 2. The number of nitrogens with one attached hydrogen (secondary N) is 1. The Morgan fingerprint density at radius 3 is 2.57 bits per heavy atom. The molecule has 0 fully saturated rings. The number of amides is 1. The number of hydrogen-bond acceptors (Lipinski definition) is 3. The van der Waals surface area contributed by atoms with Gasteiger partial charge in [0, 0.05) is 11.3 Å². The maximum absolute atomic E-state index is 12.4. The molecule has 0 bridgehead atoms. The minimum atomic E-state index is -0.0969. The first-order valence-corrected chi connectivity index (χ1v) is 7.52. The molecule has 3 rings (SSSR count). The Bertz CT molecular complexity index is 813. The summed E-state index contributed by atoms with van der Waals surface area (Å²) in [6.07, 6.45) is 0. The molecular weight excluding hydrogens is 280 g/mol. The lowest BCUT2D eigenvalue weighted by atomic mass is 10.0.